The van der Waals surface area contributed by atoms with Crippen molar-refractivity contribution in [3.05, 3.63) is 28.2 Å². The molecular formula is C15H21BrN2O3. The molecule has 1 atom stereocenters. The molecule has 0 aliphatic carbocycles. The molecule has 0 bridgehead atoms. The summed E-state index contributed by atoms with van der Waals surface area (Å²) in [5.41, 5.74) is 6.83. The number of esters is 1. The maximum atomic E-state index is 12.0. The summed E-state index contributed by atoms with van der Waals surface area (Å²) in [6, 6.07) is 4.31. The summed E-state index contributed by atoms with van der Waals surface area (Å²) in [5, 5.41) is 2.75. The summed E-state index contributed by atoms with van der Waals surface area (Å²) in [6.07, 6.45) is 0.615. The second kappa shape index (κ2) is 8.14. The van der Waals surface area contributed by atoms with E-state index in [1.807, 2.05) is 13.8 Å². The Kier molecular flexibility index (Phi) is 6.84. The van der Waals surface area contributed by atoms with Gasteiger partial charge in [-0.1, -0.05) is 13.8 Å². The van der Waals surface area contributed by atoms with Gasteiger partial charge in [0.05, 0.1) is 23.9 Å². The first kappa shape index (κ1) is 17.7. The van der Waals surface area contributed by atoms with E-state index in [0.717, 1.165) is 0 Å². The van der Waals surface area contributed by atoms with Gasteiger partial charge >= 0.3 is 5.97 Å². The van der Waals surface area contributed by atoms with Crippen LogP contribution in [0.3, 0.4) is 0 Å². The van der Waals surface area contributed by atoms with Crippen molar-refractivity contribution in [1.82, 2.24) is 0 Å². The zero-order valence-electron chi connectivity index (χ0n) is 12.5. The maximum absolute atomic E-state index is 12.0. The number of nitrogens with two attached hydrogens (primary N) is 1. The summed E-state index contributed by atoms with van der Waals surface area (Å²) in [6.45, 7) is 6.09. The van der Waals surface area contributed by atoms with Crippen LogP contribution in [-0.4, -0.2) is 24.5 Å². The van der Waals surface area contributed by atoms with Gasteiger partial charge in [0.25, 0.3) is 0 Å². The molecule has 5 nitrogen and oxygen atoms in total. The van der Waals surface area contributed by atoms with Crippen molar-refractivity contribution in [2.75, 3.05) is 11.9 Å². The Bertz CT molecular complexity index is 518. The van der Waals surface area contributed by atoms with Gasteiger partial charge in [0.1, 0.15) is 0 Å². The first-order valence-electron chi connectivity index (χ1n) is 6.88. The topological polar surface area (TPSA) is 81.4 Å². The molecule has 0 heterocycles. The lowest BCUT2D eigenvalue weighted by molar-refractivity contribution is -0.117. The maximum Gasteiger partial charge on any atom is 0.338 e. The number of rotatable bonds is 6. The SMILES string of the molecule is CCOC(=O)c1ccc(NC(=O)[C@@H](N)CC(C)C)c(Br)c1. The molecule has 21 heavy (non-hydrogen) atoms. The Morgan fingerprint density at radius 1 is 1.38 bits per heavy atom. The highest BCUT2D eigenvalue weighted by molar-refractivity contribution is 9.10. The molecular weight excluding hydrogens is 336 g/mol. The van der Waals surface area contributed by atoms with Gasteiger partial charge in [-0.3, -0.25) is 4.79 Å². The third-order valence-corrected chi connectivity index (χ3v) is 3.46. The number of benzene rings is 1. The number of carbonyl (C=O) groups is 2. The number of hydrogen-bond acceptors (Lipinski definition) is 4. The third-order valence-electron chi connectivity index (χ3n) is 2.80. The van der Waals surface area contributed by atoms with E-state index < -0.39 is 12.0 Å². The minimum Gasteiger partial charge on any atom is -0.462 e. The second-order valence-electron chi connectivity index (χ2n) is 5.14. The molecule has 1 rings (SSSR count). The van der Waals surface area contributed by atoms with Crippen molar-refractivity contribution in [2.24, 2.45) is 11.7 Å². The smallest absolute Gasteiger partial charge is 0.338 e. The number of anilines is 1. The molecule has 6 heteroatoms. The number of nitrogens with one attached hydrogen (secondary N) is 1. The van der Waals surface area contributed by atoms with Gasteiger partial charge in [0.2, 0.25) is 5.91 Å². The van der Waals surface area contributed by atoms with Crippen LogP contribution in [0.25, 0.3) is 0 Å². The number of carbonyl (C=O) groups excluding carboxylic acids is 2. The molecule has 0 fully saturated rings. The molecule has 1 aromatic rings. The summed E-state index contributed by atoms with van der Waals surface area (Å²) in [7, 11) is 0. The highest BCUT2D eigenvalue weighted by Crippen LogP contribution is 2.24. The summed E-state index contributed by atoms with van der Waals surface area (Å²) < 4.78 is 5.53. The number of ether oxygens (including phenoxy) is 1. The Labute approximate surface area is 133 Å². The molecule has 116 valence electrons. The van der Waals surface area contributed by atoms with Crippen LogP contribution in [0.5, 0.6) is 0 Å². The first-order chi connectivity index (χ1) is 9.85. The Morgan fingerprint density at radius 3 is 2.57 bits per heavy atom. The minimum absolute atomic E-state index is 0.242. The number of amides is 1. The molecule has 0 aliphatic heterocycles. The fourth-order valence-corrected chi connectivity index (χ4v) is 2.28. The molecule has 0 aromatic heterocycles. The normalized spacial score (nSPS) is 12.1. The van der Waals surface area contributed by atoms with E-state index in [1.54, 1.807) is 25.1 Å². The molecule has 1 amide bonds. The quantitative estimate of drug-likeness (QED) is 0.767. The zero-order valence-corrected chi connectivity index (χ0v) is 14.1. The van der Waals surface area contributed by atoms with Gasteiger partial charge in [-0.25, -0.2) is 4.79 Å². The predicted octanol–water partition coefficient (Wildman–Crippen LogP) is 2.94. The van der Waals surface area contributed by atoms with Gasteiger partial charge in [-0.15, -0.1) is 0 Å². The van der Waals surface area contributed by atoms with E-state index in [0.29, 0.717) is 34.7 Å². The van der Waals surface area contributed by atoms with Crippen LogP contribution in [0.2, 0.25) is 0 Å². The van der Waals surface area contributed by atoms with Crippen molar-refractivity contribution >= 4 is 33.5 Å². The predicted molar refractivity (Wildman–Crippen MR) is 86.2 cm³/mol. The highest BCUT2D eigenvalue weighted by Gasteiger charge is 2.17. The van der Waals surface area contributed by atoms with Crippen LogP contribution in [0.4, 0.5) is 5.69 Å². The van der Waals surface area contributed by atoms with E-state index in [9.17, 15) is 9.59 Å². The van der Waals surface area contributed by atoms with E-state index in [4.69, 9.17) is 10.5 Å². The molecule has 0 unspecified atom stereocenters. The Hall–Kier alpha value is -1.40. The van der Waals surface area contributed by atoms with Crippen molar-refractivity contribution in [2.45, 2.75) is 33.2 Å². The van der Waals surface area contributed by atoms with Crippen molar-refractivity contribution in [3.63, 3.8) is 0 Å². The molecule has 0 aliphatic rings. The van der Waals surface area contributed by atoms with Crippen LogP contribution < -0.4 is 11.1 Å². The van der Waals surface area contributed by atoms with E-state index in [-0.39, 0.29) is 5.91 Å². The molecule has 0 saturated carbocycles. The zero-order chi connectivity index (χ0) is 16.0. The fourth-order valence-electron chi connectivity index (χ4n) is 1.80. The Morgan fingerprint density at radius 2 is 2.05 bits per heavy atom. The summed E-state index contributed by atoms with van der Waals surface area (Å²) in [4.78, 5) is 23.6. The molecule has 0 radical (unpaired) electrons. The van der Waals surface area contributed by atoms with Gasteiger partial charge in [-0.2, -0.15) is 0 Å². The molecule has 1 aromatic carbocycles. The standard InChI is InChI=1S/C15H21BrN2O3/c1-4-21-15(20)10-5-6-13(11(16)8-10)18-14(19)12(17)7-9(2)3/h5-6,8-9,12H,4,7,17H2,1-3H3,(H,18,19)/t12-/m0/s1. The molecule has 3 N–H and O–H groups in total. The van der Waals surface area contributed by atoms with Gasteiger partial charge in [0.15, 0.2) is 0 Å². The lowest BCUT2D eigenvalue weighted by atomic mass is 10.0. The highest BCUT2D eigenvalue weighted by atomic mass is 79.9. The number of hydrogen-bond donors (Lipinski definition) is 2. The average Bonchev–Trinajstić information content (AvgIpc) is 2.40. The summed E-state index contributed by atoms with van der Waals surface area (Å²) in [5.74, 6) is -0.291. The minimum atomic E-state index is -0.554. The van der Waals surface area contributed by atoms with E-state index >= 15 is 0 Å². The summed E-state index contributed by atoms with van der Waals surface area (Å²) >= 11 is 3.33. The van der Waals surface area contributed by atoms with Crippen LogP contribution in [0.1, 0.15) is 37.6 Å². The third kappa shape index (κ3) is 5.47. The van der Waals surface area contributed by atoms with Crippen LogP contribution >= 0.6 is 15.9 Å². The van der Waals surface area contributed by atoms with Gasteiger partial charge < -0.3 is 15.8 Å². The van der Waals surface area contributed by atoms with E-state index in [1.165, 1.54) is 0 Å². The van der Waals surface area contributed by atoms with Gasteiger partial charge in [-0.05, 0) is 53.4 Å². The van der Waals surface area contributed by atoms with Crippen molar-refractivity contribution in [3.8, 4) is 0 Å². The molecule has 0 saturated heterocycles. The van der Waals surface area contributed by atoms with E-state index in [2.05, 4.69) is 21.2 Å². The Balaban J connectivity index is 2.77. The van der Waals surface area contributed by atoms with Crippen LogP contribution in [0.15, 0.2) is 22.7 Å². The largest absolute Gasteiger partial charge is 0.462 e. The lowest BCUT2D eigenvalue weighted by Gasteiger charge is -2.15. The average molecular weight is 357 g/mol. The van der Waals surface area contributed by atoms with Crippen molar-refractivity contribution < 1.29 is 14.3 Å². The fraction of sp³-hybridized carbons (Fsp3) is 0.467. The number of halogens is 1. The first-order valence-corrected chi connectivity index (χ1v) is 7.67. The lowest BCUT2D eigenvalue weighted by Crippen LogP contribution is -2.36. The second-order valence-corrected chi connectivity index (χ2v) is 5.99. The van der Waals surface area contributed by atoms with Crippen LogP contribution in [-0.2, 0) is 9.53 Å². The van der Waals surface area contributed by atoms with Gasteiger partial charge in [0, 0.05) is 4.47 Å². The molecule has 0 spiro atoms. The van der Waals surface area contributed by atoms with Crippen molar-refractivity contribution in [1.29, 1.82) is 0 Å². The monoisotopic (exact) mass is 356 g/mol. The van der Waals surface area contributed by atoms with Crippen LogP contribution in [0, 0.1) is 5.92 Å².